The molecule has 0 aliphatic carbocycles. The summed E-state index contributed by atoms with van der Waals surface area (Å²) >= 11 is 3.30. The normalized spacial score (nSPS) is 10.8. The van der Waals surface area contributed by atoms with Gasteiger partial charge in [-0.15, -0.1) is 0 Å². The first-order chi connectivity index (χ1) is 16.3. The van der Waals surface area contributed by atoms with Gasteiger partial charge in [-0.1, -0.05) is 30.3 Å². The van der Waals surface area contributed by atoms with Crippen LogP contribution in [0.5, 0.6) is 0 Å². The lowest BCUT2D eigenvalue weighted by atomic mass is 10.1. The Hall–Kier alpha value is -4.31. The molecule has 0 aliphatic heterocycles. The summed E-state index contributed by atoms with van der Waals surface area (Å²) in [5.74, 6) is -1.85. The molecule has 0 saturated carbocycles. The SMILES string of the molecule is COC(=O)c1cccc(NC(=O)C(=Cc2cccc([N+](=O)[O-])c2)NC(=O)c2ccccc2Br)c1. The van der Waals surface area contributed by atoms with Crippen LogP contribution >= 0.6 is 15.9 Å². The van der Waals surface area contributed by atoms with Crippen molar-refractivity contribution in [1.29, 1.82) is 0 Å². The van der Waals surface area contributed by atoms with E-state index in [1.54, 1.807) is 42.5 Å². The molecule has 9 nitrogen and oxygen atoms in total. The molecule has 3 aromatic carbocycles. The number of rotatable bonds is 7. The highest BCUT2D eigenvalue weighted by Gasteiger charge is 2.18. The Morgan fingerprint density at radius 3 is 2.44 bits per heavy atom. The largest absolute Gasteiger partial charge is 0.465 e. The van der Waals surface area contributed by atoms with Gasteiger partial charge in [-0.05, 0) is 57.9 Å². The molecule has 0 aromatic heterocycles. The summed E-state index contributed by atoms with van der Waals surface area (Å²) in [6, 6.07) is 18.3. The summed E-state index contributed by atoms with van der Waals surface area (Å²) < 4.78 is 5.21. The molecule has 0 aliphatic rings. The van der Waals surface area contributed by atoms with Crippen LogP contribution in [0.25, 0.3) is 6.08 Å². The Balaban J connectivity index is 1.95. The first-order valence-corrected chi connectivity index (χ1v) is 10.6. The number of methoxy groups -OCH3 is 1. The molecule has 0 spiro atoms. The number of hydrogen-bond donors (Lipinski definition) is 2. The van der Waals surface area contributed by atoms with Gasteiger partial charge in [-0.25, -0.2) is 4.79 Å². The lowest BCUT2D eigenvalue weighted by Gasteiger charge is -2.12. The number of hydrogen-bond acceptors (Lipinski definition) is 6. The summed E-state index contributed by atoms with van der Waals surface area (Å²) in [6.45, 7) is 0. The van der Waals surface area contributed by atoms with Crippen LogP contribution in [0.4, 0.5) is 11.4 Å². The van der Waals surface area contributed by atoms with E-state index < -0.39 is 22.7 Å². The number of nitro groups is 1. The zero-order chi connectivity index (χ0) is 24.7. The Morgan fingerprint density at radius 1 is 1.00 bits per heavy atom. The van der Waals surface area contributed by atoms with Gasteiger partial charge < -0.3 is 15.4 Å². The molecule has 0 heterocycles. The fourth-order valence-corrected chi connectivity index (χ4v) is 3.39. The lowest BCUT2D eigenvalue weighted by Crippen LogP contribution is -2.31. The number of nitro benzene ring substituents is 1. The van der Waals surface area contributed by atoms with Gasteiger partial charge in [-0.3, -0.25) is 19.7 Å². The van der Waals surface area contributed by atoms with E-state index in [0.717, 1.165) is 0 Å². The molecule has 2 amide bonds. The van der Waals surface area contributed by atoms with E-state index in [-0.39, 0.29) is 28.2 Å². The van der Waals surface area contributed by atoms with Crippen LogP contribution in [0.3, 0.4) is 0 Å². The minimum atomic E-state index is -0.700. The van der Waals surface area contributed by atoms with Crippen molar-refractivity contribution >= 4 is 51.2 Å². The number of esters is 1. The highest BCUT2D eigenvalue weighted by atomic mass is 79.9. The first-order valence-electron chi connectivity index (χ1n) is 9.80. The van der Waals surface area contributed by atoms with E-state index in [4.69, 9.17) is 0 Å². The highest BCUT2D eigenvalue weighted by molar-refractivity contribution is 9.10. The summed E-state index contributed by atoms with van der Waals surface area (Å²) in [6.07, 6.45) is 1.32. The Morgan fingerprint density at radius 2 is 1.74 bits per heavy atom. The highest BCUT2D eigenvalue weighted by Crippen LogP contribution is 2.19. The number of anilines is 1. The van der Waals surface area contributed by atoms with Crippen LogP contribution in [0, 0.1) is 10.1 Å². The third-order valence-corrected chi connectivity index (χ3v) is 5.24. The number of halogens is 1. The van der Waals surface area contributed by atoms with Crippen molar-refractivity contribution < 1.29 is 24.0 Å². The molecular formula is C24H18BrN3O6. The third-order valence-electron chi connectivity index (χ3n) is 4.54. The van der Waals surface area contributed by atoms with Gasteiger partial charge in [0.25, 0.3) is 17.5 Å². The van der Waals surface area contributed by atoms with Crippen molar-refractivity contribution in [3.8, 4) is 0 Å². The van der Waals surface area contributed by atoms with E-state index in [9.17, 15) is 24.5 Å². The maximum atomic E-state index is 13.1. The number of benzene rings is 3. The zero-order valence-corrected chi connectivity index (χ0v) is 19.4. The summed E-state index contributed by atoms with van der Waals surface area (Å²) in [7, 11) is 1.24. The van der Waals surface area contributed by atoms with Crippen LogP contribution in [0.2, 0.25) is 0 Å². The topological polar surface area (TPSA) is 128 Å². The fraction of sp³-hybridized carbons (Fsp3) is 0.0417. The summed E-state index contributed by atoms with van der Waals surface area (Å²) in [5, 5.41) is 16.3. The number of amides is 2. The van der Waals surface area contributed by atoms with Gasteiger partial charge in [0.15, 0.2) is 0 Å². The number of nitrogens with zero attached hydrogens (tertiary/aromatic N) is 1. The predicted molar refractivity (Wildman–Crippen MR) is 129 cm³/mol. The predicted octanol–water partition coefficient (Wildman–Crippen LogP) is 4.55. The van der Waals surface area contributed by atoms with E-state index in [0.29, 0.717) is 10.0 Å². The number of nitrogens with one attached hydrogen (secondary N) is 2. The number of non-ortho nitro benzene ring substituents is 1. The zero-order valence-electron chi connectivity index (χ0n) is 17.8. The molecule has 34 heavy (non-hydrogen) atoms. The van der Waals surface area contributed by atoms with E-state index in [1.807, 2.05) is 0 Å². The van der Waals surface area contributed by atoms with E-state index in [1.165, 1.54) is 43.5 Å². The van der Waals surface area contributed by atoms with Crippen LogP contribution in [-0.4, -0.2) is 29.8 Å². The van der Waals surface area contributed by atoms with Crippen molar-refractivity contribution in [2.45, 2.75) is 0 Å². The second kappa shape index (κ2) is 11.0. The smallest absolute Gasteiger partial charge is 0.337 e. The molecule has 172 valence electrons. The van der Waals surface area contributed by atoms with Crippen molar-refractivity contribution in [2.75, 3.05) is 12.4 Å². The molecular weight excluding hydrogens is 506 g/mol. The number of ether oxygens (including phenoxy) is 1. The minimum Gasteiger partial charge on any atom is -0.465 e. The molecule has 0 radical (unpaired) electrons. The molecule has 3 aromatic rings. The van der Waals surface area contributed by atoms with E-state index in [2.05, 4.69) is 31.3 Å². The van der Waals surface area contributed by atoms with Gasteiger partial charge in [-0.2, -0.15) is 0 Å². The van der Waals surface area contributed by atoms with Crippen molar-refractivity contribution in [2.24, 2.45) is 0 Å². The van der Waals surface area contributed by atoms with Gasteiger partial charge in [0.1, 0.15) is 5.70 Å². The molecule has 0 saturated heterocycles. The second-order valence-electron chi connectivity index (χ2n) is 6.87. The molecule has 10 heteroatoms. The van der Waals surface area contributed by atoms with Crippen LogP contribution in [0.15, 0.2) is 83.0 Å². The van der Waals surface area contributed by atoms with Gasteiger partial charge >= 0.3 is 5.97 Å². The quantitative estimate of drug-likeness (QED) is 0.202. The van der Waals surface area contributed by atoms with Crippen molar-refractivity contribution in [3.63, 3.8) is 0 Å². The van der Waals surface area contributed by atoms with Crippen LogP contribution in [0.1, 0.15) is 26.3 Å². The van der Waals surface area contributed by atoms with Crippen LogP contribution in [-0.2, 0) is 9.53 Å². The average molecular weight is 524 g/mol. The standard InChI is InChI=1S/C24H18BrN3O6/c1-34-24(31)16-7-5-8-17(14-16)26-23(30)21(13-15-6-4-9-18(12-15)28(32)33)27-22(29)19-10-2-3-11-20(19)25/h2-14H,1H3,(H,26,30)(H,27,29). The number of carbonyl (C=O) groups excluding carboxylic acids is 3. The maximum Gasteiger partial charge on any atom is 0.337 e. The molecule has 0 atom stereocenters. The first kappa shape index (κ1) is 24.3. The Labute approximate surface area is 202 Å². The Bertz CT molecular complexity index is 1310. The lowest BCUT2D eigenvalue weighted by molar-refractivity contribution is -0.384. The maximum absolute atomic E-state index is 13.1. The number of carbonyl (C=O) groups is 3. The summed E-state index contributed by atoms with van der Waals surface area (Å²) in [4.78, 5) is 48.3. The monoisotopic (exact) mass is 523 g/mol. The molecule has 0 bridgehead atoms. The van der Waals surface area contributed by atoms with Crippen molar-refractivity contribution in [1.82, 2.24) is 5.32 Å². The fourth-order valence-electron chi connectivity index (χ4n) is 2.93. The van der Waals surface area contributed by atoms with E-state index >= 15 is 0 Å². The second-order valence-corrected chi connectivity index (χ2v) is 7.72. The van der Waals surface area contributed by atoms with Gasteiger partial charge in [0, 0.05) is 22.3 Å². The molecule has 2 N–H and O–H groups in total. The van der Waals surface area contributed by atoms with Crippen LogP contribution < -0.4 is 10.6 Å². The molecule has 0 fully saturated rings. The summed E-state index contributed by atoms with van der Waals surface area (Å²) in [5.41, 5.74) is 0.791. The average Bonchev–Trinajstić information content (AvgIpc) is 2.83. The van der Waals surface area contributed by atoms with Gasteiger partial charge in [0.2, 0.25) is 0 Å². The van der Waals surface area contributed by atoms with Gasteiger partial charge in [0.05, 0.1) is 23.2 Å². The molecule has 3 rings (SSSR count). The third kappa shape index (κ3) is 6.14. The Kier molecular flexibility index (Phi) is 7.88. The molecule has 0 unspecified atom stereocenters. The van der Waals surface area contributed by atoms with Crippen molar-refractivity contribution in [3.05, 3.63) is 110 Å². The minimum absolute atomic E-state index is 0.162.